The number of hydrogen-bond donors (Lipinski definition) is 5. The smallest absolute Gasteiger partial charge is 0.272 e. The molecule has 148 heavy (non-hydrogen) atoms. The zero-order valence-electron chi connectivity index (χ0n) is 93.3. The standard InChI is InChI=1S/C13H16N2.2C11H13N.C10H13Cl.C10H13F.C10H13NO2.2C10H14O.C9H11BrO.C9H11Br.C9H11Cl.C9H11F.C9H12O2/c1-11(2)13-6-4-12(5-7-13)10-15-9-3-8-14-15;1-8(2)9-5-6-11-10(9)4-3-7-12-11;1-8(2)10-7-12-11-6-4-3-5-9(10)11;2*1-7(2)9-5-4-8(3)10(11)6-9;1-7(2)9-5-4-8(3)10(6-9)11(12)13;1-7(2)9-4-8(3)5-10(11)6-9;1-7(2)9-5-4-8(3)6-10(9)11;1-6(2)7-3-4-9(11)8(10)5-7;3*1-7(2)8-4-3-5-9(10)6-8;1-6(2)7-4-3-5-8(10)9(7)11/h3-9,11H,10H2,1-2H3;3-5,7-8H,6H2,1-2H3;3-8,10H,1-2H3;2*4-7H,1-3H3;4-7H,1-3H3;2*4-7,11H,1-3H3;3-6,11H,1-2H3;3*3-7H,1-2H3;3-6,10-11H,1-2H3. The summed E-state index contributed by atoms with van der Waals surface area (Å²) in [5, 5.41) is 62.8. The Hall–Kier alpha value is -11.8. The largest absolute Gasteiger partial charge is 0.508 e. The van der Waals surface area contributed by atoms with Crippen molar-refractivity contribution in [1.29, 1.82) is 0 Å². The van der Waals surface area contributed by atoms with Gasteiger partial charge in [0, 0.05) is 68.9 Å². The number of nitro groups is 1. The summed E-state index contributed by atoms with van der Waals surface area (Å²) in [6, 6.07) is 85.5. The second kappa shape index (κ2) is 65.9. The Morgan fingerprint density at radius 3 is 1.39 bits per heavy atom. The van der Waals surface area contributed by atoms with Crippen LogP contribution in [0, 0.1) is 68.2 Å². The van der Waals surface area contributed by atoms with Crippen LogP contribution in [0.2, 0.25) is 10.0 Å². The Balaban J connectivity index is 0.000000334. The summed E-state index contributed by atoms with van der Waals surface area (Å²) in [5.41, 5.74) is 25.6. The average Bonchev–Trinajstić information content (AvgIpc) is 1.69. The molecule has 1 atom stereocenters. The number of rotatable bonds is 16. The Labute approximate surface area is 913 Å². The van der Waals surface area contributed by atoms with Crippen molar-refractivity contribution < 1.29 is 39.2 Å². The molecule has 2 aromatic heterocycles. The van der Waals surface area contributed by atoms with Crippen LogP contribution in [-0.4, -0.2) is 51.4 Å². The molecule has 0 bridgehead atoms. The molecular formula is C130H165Br2Cl2F2N5O7. The van der Waals surface area contributed by atoms with Gasteiger partial charge in [-0.2, -0.15) is 5.10 Å². The number of nitrogens with zero attached hydrogens (tertiary/aromatic N) is 5. The van der Waals surface area contributed by atoms with E-state index in [1.807, 2.05) is 175 Å². The number of aromatic hydroxyl groups is 5. The predicted octanol–water partition coefficient (Wildman–Crippen LogP) is 40.1. The van der Waals surface area contributed by atoms with Crippen LogP contribution in [0.15, 0.2) is 306 Å². The van der Waals surface area contributed by atoms with Crippen molar-refractivity contribution in [3.63, 3.8) is 0 Å². The zero-order valence-corrected chi connectivity index (χ0v) is 98.0. The maximum Gasteiger partial charge on any atom is 0.272 e. The molecule has 0 spiro atoms. The molecule has 0 saturated carbocycles. The molecule has 12 nitrogen and oxygen atoms in total. The van der Waals surface area contributed by atoms with E-state index < -0.39 is 0 Å². The third-order valence-corrected chi connectivity index (χ3v) is 26.3. The van der Waals surface area contributed by atoms with Crippen LogP contribution in [0.1, 0.15) is 362 Å². The number of allylic oxidation sites excluding steroid dienone is 2. The van der Waals surface area contributed by atoms with Crippen molar-refractivity contribution in [2.75, 3.05) is 0 Å². The van der Waals surface area contributed by atoms with E-state index in [4.69, 9.17) is 28.3 Å². The molecule has 1 aliphatic carbocycles. The van der Waals surface area contributed by atoms with Crippen LogP contribution in [0.4, 0.5) is 20.2 Å². The van der Waals surface area contributed by atoms with Gasteiger partial charge in [-0.3, -0.25) is 24.8 Å². The number of para-hydroxylation sites is 2. The Bertz CT molecular complexity index is 6110. The molecule has 5 N–H and O–H groups in total. The van der Waals surface area contributed by atoms with E-state index in [1.54, 1.807) is 74.5 Å². The van der Waals surface area contributed by atoms with Gasteiger partial charge < -0.3 is 25.5 Å². The van der Waals surface area contributed by atoms with Gasteiger partial charge >= 0.3 is 0 Å². The number of aliphatic imine (C=N–C) groups is 1. The Morgan fingerprint density at radius 2 is 0.919 bits per heavy atom. The maximum atomic E-state index is 12.9. The number of aryl methyl sites for hydroxylation is 5. The highest BCUT2D eigenvalue weighted by molar-refractivity contribution is 9.10. The van der Waals surface area contributed by atoms with Gasteiger partial charge in [0.1, 0.15) is 28.9 Å². The van der Waals surface area contributed by atoms with E-state index in [0.29, 0.717) is 94.2 Å². The lowest BCUT2D eigenvalue weighted by Crippen LogP contribution is -2.03. The first-order chi connectivity index (χ1) is 69.6. The fourth-order valence-corrected chi connectivity index (χ4v) is 16.1. The summed E-state index contributed by atoms with van der Waals surface area (Å²) in [6.07, 6.45) is 11.0. The highest BCUT2D eigenvalue weighted by atomic mass is 79.9. The van der Waals surface area contributed by atoms with Crippen LogP contribution in [0.5, 0.6) is 28.7 Å². The number of nitro benzene ring substituents is 1. The Morgan fingerprint density at radius 1 is 0.412 bits per heavy atom. The third-order valence-electron chi connectivity index (χ3n) is 24.5. The fraction of sp³-hybridized carbons (Fsp3) is 0.362. The maximum absolute atomic E-state index is 12.9. The molecule has 0 amide bonds. The zero-order chi connectivity index (χ0) is 111. The van der Waals surface area contributed by atoms with Crippen molar-refractivity contribution >= 4 is 78.2 Å². The number of pyridine rings is 1. The summed E-state index contributed by atoms with van der Waals surface area (Å²) in [4.78, 5) is 19.0. The summed E-state index contributed by atoms with van der Waals surface area (Å²) >= 11 is 18.4. The van der Waals surface area contributed by atoms with Gasteiger partial charge in [0.25, 0.3) is 5.69 Å². The molecule has 1 unspecified atom stereocenters. The van der Waals surface area contributed by atoms with Crippen molar-refractivity contribution in [3.8, 4) is 28.7 Å². The molecule has 0 fully saturated rings. The lowest BCUT2D eigenvalue weighted by Gasteiger charge is -2.12. The molecule has 0 saturated heterocycles. The van der Waals surface area contributed by atoms with Gasteiger partial charge in [0.15, 0.2) is 11.5 Å². The van der Waals surface area contributed by atoms with E-state index in [2.05, 4.69) is 303 Å². The molecule has 3 heterocycles. The molecule has 18 heteroatoms. The van der Waals surface area contributed by atoms with Crippen molar-refractivity contribution in [3.05, 3.63) is 444 Å². The van der Waals surface area contributed by atoms with Crippen molar-refractivity contribution in [2.24, 2.45) is 16.8 Å². The van der Waals surface area contributed by atoms with Crippen LogP contribution < -0.4 is 0 Å². The molecule has 1 aliphatic heterocycles. The van der Waals surface area contributed by atoms with Crippen LogP contribution in [0.3, 0.4) is 0 Å². The van der Waals surface area contributed by atoms with Gasteiger partial charge in [-0.05, 0) is 331 Å². The number of phenols is 5. The second-order valence-electron chi connectivity index (χ2n) is 41.3. The van der Waals surface area contributed by atoms with Crippen LogP contribution in [-0.2, 0) is 13.0 Å². The predicted molar refractivity (Wildman–Crippen MR) is 634 cm³/mol. The minimum absolute atomic E-state index is 0.00231. The summed E-state index contributed by atoms with van der Waals surface area (Å²) in [6.45, 7) is 65.6. The fourth-order valence-electron chi connectivity index (χ4n) is 14.9. The van der Waals surface area contributed by atoms with Gasteiger partial charge in [-0.25, -0.2) is 8.78 Å². The topological polar surface area (TPSA) is 187 Å². The van der Waals surface area contributed by atoms with Gasteiger partial charge in [0.05, 0.1) is 27.3 Å². The van der Waals surface area contributed by atoms with Crippen LogP contribution >= 0.6 is 55.1 Å². The summed E-state index contributed by atoms with van der Waals surface area (Å²) in [7, 11) is 0. The SMILES string of the molecule is CC(C)C1=CCc2ncccc21.CC(C)C1C=Nc2ccccc21.CC(C)c1ccc(Cn2cccn2)cc1.CC(C)c1ccc(O)c(Br)c1.CC(C)c1cccc(Br)c1.CC(C)c1cccc(Cl)c1.CC(C)c1cccc(F)c1.CC(C)c1cccc(O)c1O.Cc1cc(O)cc(C(C)C)c1.Cc1ccc(C(C)C)c(O)c1.Cc1ccc(C(C)C)cc1Cl.Cc1ccc(C(C)C)cc1F.Cc1ccc(C(C)C)cc1[N+](=O)[O-]. The monoisotopic (exact) mass is 2170 g/mol. The summed E-state index contributed by atoms with van der Waals surface area (Å²) < 4.78 is 29.3. The average molecular weight is 2180 g/mol. The summed E-state index contributed by atoms with van der Waals surface area (Å²) in [5.74, 6) is 7.73. The van der Waals surface area contributed by atoms with Crippen molar-refractivity contribution in [2.45, 2.75) is 299 Å². The number of halogens is 6. The second-order valence-corrected chi connectivity index (χ2v) is 44.0. The number of phenolic OH excluding ortho intramolecular Hbond substituents is 5. The first-order valence-corrected chi connectivity index (χ1v) is 53.9. The van der Waals surface area contributed by atoms with E-state index in [9.17, 15) is 39.3 Å². The normalized spacial score (nSPS) is 11.7. The minimum Gasteiger partial charge on any atom is -0.508 e. The van der Waals surface area contributed by atoms with E-state index in [0.717, 1.165) is 88.8 Å². The van der Waals surface area contributed by atoms with Crippen LogP contribution in [0.25, 0.3) is 5.57 Å². The van der Waals surface area contributed by atoms with E-state index >= 15 is 0 Å². The molecule has 2 aliphatic rings. The number of hydrogen-bond acceptors (Lipinski definition) is 10. The number of aromatic nitrogens is 3. The quantitative estimate of drug-likeness (QED) is 0.0356. The molecule has 16 rings (SSSR count). The van der Waals surface area contributed by atoms with Crippen molar-refractivity contribution in [1.82, 2.24) is 14.8 Å². The Kier molecular flexibility index (Phi) is 57.2. The lowest BCUT2D eigenvalue weighted by atomic mass is 9.91. The highest BCUT2D eigenvalue weighted by Gasteiger charge is 2.22. The molecule has 0 radical (unpaired) electrons. The highest BCUT2D eigenvalue weighted by Crippen LogP contribution is 2.38. The van der Waals surface area contributed by atoms with E-state index in [1.165, 1.54) is 77.9 Å². The number of fused-ring (bicyclic) bond motifs is 2. The van der Waals surface area contributed by atoms with E-state index in [-0.39, 0.29) is 39.7 Å². The minimum atomic E-state index is -0.332. The molecule has 794 valence electrons. The number of benzene rings is 12. The first-order valence-electron chi connectivity index (χ1n) is 51.6. The first kappa shape index (κ1) is 128. The molecule has 14 aromatic rings. The van der Waals surface area contributed by atoms with Gasteiger partial charge in [-0.15, -0.1) is 0 Å². The van der Waals surface area contributed by atoms with Gasteiger partial charge in [0.2, 0.25) is 0 Å². The third kappa shape index (κ3) is 46.5. The molecule has 12 aromatic carbocycles. The van der Waals surface area contributed by atoms with Gasteiger partial charge in [-0.1, -0.05) is 383 Å². The lowest BCUT2D eigenvalue weighted by molar-refractivity contribution is -0.385. The molecular weight excluding hydrogens is 2010 g/mol.